The van der Waals surface area contributed by atoms with Crippen LogP contribution in [0.3, 0.4) is 0 Å². The summed E-state index contributed by atoms with van der Waals surface area (Å²) in [4.78, 5) is 32.2. The Labute approximate surface area is 182 Å². The molecule has 31 heavy (non-hydrogen) atoms. The lowest BCUT2D eigenvalue weighted by molar-refractivity contribution is -0.115. The lowest BCUT2D eigenvalue weighted by Crippen LogP contribution is -2.15. The van der Waals surface area contributed by atoms with Crippen LogP contribution in [-0.2, 0) is 11.2 Å². The topological polar surface area (TPSA) is 101 Å². The van der Waals surface area contributed by atoms with Crippen molar-refractivity contribution in [2.24, 2.45) is 5.73 Å². The van der Waals surface area contributed by atoms with E-state index in [1.54, 1.807) is 60.7 Å². The first-order chi connectivity index (χ1) is 15.0. The van der Waals surface area contributed by atoms with Gasteiger partial charge in [-0.15, -0.1) is 11.8 Å². The number of carbonyl (C=O) groups is 2. The summed E-state index contributed by atoms with van der Waals surface area (Å²) in [7, 11) is 0. The molecule has 2 amide bonds. The number of aromatic amines is 1. The Morgan fingerprint density at radius 3 is 2.65 bits per heavy atom. The van der Waals surface area contributed by atoms with Crippen LogP contribution in [0.2, 0.25) is 0 Å². The molecule has 0 saturated heterocycles. The Balaban J connectivity index is 1.52. The number of fused-ring (bicyclic) bond motifs is 1. The number of nitrogens with two attached hydrogens (primary N) is 1. The van der Waals surface area contributed by atoms with Gasteiger partial charge in [0.1, 0.15) is 11.6 Å². The molecule has 0 bridgehead atoms. The number of benzene rings is 3. The molecule has 0 spiro atoms. The Morgan fingerprint density at radius 2 is 1.84 bits per heavy atom. The SMILES string of the molecule is NC(=O)CSc1ccccc1C(=O)Nc1ccc2nc(Cc3ccccc3F)[nH]c2c1. The molecule has 0 unspecified atom stereocenters. The zero-order valence-electron chi connectivity index (χ0n) is 16.4. The minimum absolute atomic E-state index is 0.0924. The first-order valence-electron chi connectivity index (χ1n) is 9.53. The predicted molar refractivity (Wildman–Crippen MR) is 120 cm³/mol. The number of amides is 2. The highest BCUT2D eigenvalue weighted by atomic mass is 32.2. The number of nitrogens with zero attached hydrogens (tertiary/aromatic N) is 1. The number of nitrogens with one attached hydrogen (secondary N) is 2. The molecule has 6 nitrogen and oxygen atoms in total. The normalized spacial score (nSPS) is 10.9. The highest BCUT2D eigenvalue weighted by Crippen LogP contribution is 2.24. The molecule has 8 heteroatoms. The maximum absolute atomic E-state index is 13.9. The van der Waals surface area contributed by atoms with Crippen LogP contribution >= 0.6 is 11.8 Å². The van der Waals surface area contributed by atoms with Gasteiger partial charge in [0.2, 0.25) is 5.91 Å². The quantitative estimate of drug-likeness (QED) is 0.381. The number of H-pyrrole nitrogens is 1. The van der Waals surface area contributed by atoms with Gasteiger partial charge in [0.15, 0.2) is 0 Å². The van der Waals surface area contributed by atoms with E-state index >= 15 is 0 Å². The van der Waals surface area contributed by atoms with Crippen LogP contribution in [0.1, 0.15) is 21.7 Å². The van der Waals surface area contributed by atoms with Gasteiger partial charge in [-0.2, -0.15) is 0 Å². The van der Waals surface area contributed by atoms with E-state index in [0.717, 1.165) is 11.0 Å². The van der Waals surface area contributed by atoms with Gasteiger partial charge < -0.3 is 16.0 Å². The molecule has 0 fully saturated rings. The highest BCUT2D eigenvalue weighted by Gasteiger charge is 2.13. The average Bonchev–Trinajstić information content (AvgIpc) is 3.15. The van der Waals surface area contributed by atoms with Crippen molar-refractivity contribution in [2.45, 2.75) is 11.3 Å². The van der Waals surface area contributed by atoms with Gasteiger partial charge in [-0.05, 0) is 42.0 Å². The van der Waals surface area contributed by atoms with E-state index in [-0.39, 0.29) is 17.5 Å². The average molecular weight is 434 g/mol. The van der Waals surface area contributed by atoms with Gasteiger partial charge in [-0.3, -0.25) is 9.59 Å². The molecule has 3 aromatic carbocycles. The second-order valence-electron chi connectivity index (χ2n) is 6.89. The zero-order chi connectivity index (χ0) is 21.8. The van der Waals surface area contributed by atoms with Crippen molar-refractivity contribution >= 4 is 40.3 Å². The van der Waals surface area contributed by atoms with Crippen LogP contribution in [0.15, 0.2) is 71.6 Å². The second kappa shape index (κ2) is 9.01. The van der Waals surface area contributed by atoms with Crippen molar-refractivity contribution < 1.29 is 14.0 Å². The Hall–Kier alpha value is -3.65. The monoisotopic (exact) mass is 434 g/mol. The smallest absolute Gasteiger partial charge is 0.256 e. The van der Waals surface area contributed by atoms with E-state index in [1.807, 2.05) is 0 Å². The molecule has 0 radical (unpaired) electrons. The predicted octanol–water partition coefficient (Wildman–Crippen LogP) is 4.12. The van der Waals surface area contributed by atoms with Crippen LogP contribution in [0.25, 0.3) is 11.0 Å². The van der Waals surface area contributed by atoms with Gasteiger partial charge in [0.05, 0.1) is 22.3 Å². The molecule has 0 aliphatic rings. The fraction of sp³-hybridized carbons (Fsp3) is 0.0870. The standard InChI is InChI=1S/C23H19FN4O2S/c24-17-7-3-1-5-14(17)11-22-27-18-10-9-15(12-19(18)28-22)26-23(30)16-6-2-4-8-20(16)31-13-21(25)29/h1-10,12H,11,13H2,(H2,25,29)(H,26,30)(H,27,28). The third kappa shape index (κ3) is 4.92. The van der Waals surface area contributed by atoms with Gasteiger partial charge in [-0.1, -0.05) is 30.3 Å². The first kappa shape index (κ1) is 20.6. The summed E-state index contributed by atoms with van der Waals surface area (Å²) in [5, 5.41) is 2.87. The summed E-state index contributed by atoms with van der Waals surface area (Å²) in [6.45, 7) is 0. The maximum Gasteiger partial charge on any atom is 0.256 e. The van der Waals surface area contributed by atoms with E-state index in [1.165, 1.54) is 17.8 Å². The molecule has 0 atom stereocenters. The molecule has 1 aromatic heterocycles. The lowest BCUT2D eigenvalue weighted by Gasteiger charge is -2.09. The zero-order valence-corrected chi connectivity index (χ0v) is 17.2. The summed E-state index contributed by atoms with van der Waals surface area (Å²) in [6.07, 6.45) is 0.341. The molecule has 4 N–H and O–H groups in total. The Bertz CT molecular complexity index is 1270. The summed E-state index contributed by atoms with van der Waals surface area (Å²) in [6, 6.07) is 18.9. The third-order valence-electron chi connectivity index (χ3n) is 4.61. The fourth-order valence-corrected chi connectivity index (χ4v) is 3.96. The minimum Gasteiger partial charge on any atom is -0.369 e. The molecule has 0 aliphatic carbocycles. The van der Waals surface area contributed by atoms with Gasteiger partial charge in [-0.25, -0.2) is 9.37 Å². The number of halogens is 1. The van der Waals surface area contributed by atoms with E-state index in [9.17, 15) is 14.0 Å². The van der Waals surface area contributed by atoms with Crippen molar-refractivity contribution in [3.05, 3.63) is 89.5 Å². The highest BCUT2D eigenvalue weighted by molar-refractivity contribution is 8.00. The number of anilines is 1. The van der Waals surface area contributed by atoms with Crippen LogP contribution in [-0.4, -0.2) is 27.5 Å². The minimum atomic E-state index is -0.448. The second-order valence-corrected chi connectivity index (χ2v) is 7.91. The number of rotatable bonds is 7. The van der Waals surface area contributed by atoms with E-state index in [4.69, 9.17) is 5.73 Å². The number of carbonyl (C=O) groups excluding carboxylic acids is 2. The molecule has 4 rings (SSSR count). The molecule has 1 heterocycles. The lowest BCUT2D eigenvalue weighted by atomic mass is 10.1. The van der Waals surface area contributed by atoms with E-state index < -0.39 is 5.91 Å². The number of hydrogen-bond donors (Lipinski definition) is 3. The Morgan fingerprint density at radius 1 is 1.06 bits per heavy atom. The number of primary amides is 1. The van der Waals surface area contributed by atoms with E-state index in [0.29, 0.717) is 34.0 Å². The van der Waals surface area contributed by atoms with Crippen molar-refractivity contribution in [1.29, 1.82) is 0 Å². The fourth-order valence-electron chi connectivity index (χ4n) is 3.17. The first-order valence-corrected chi connectivity index (χ1v) is 10.5. The van der Waals surface area contributed by atoms with Gasteiger partial charge in [0.25, 0.3) is 5.91 Å². The van der Waals surface area contributed by atoms with Crippen molar-refractivity contribution in [3.63, 3.8) is 0 Å². The maximum atomic E-state index is 13.9. The molecule has 4 aromatic rings. The number of thioether (sulfide) groups is 1. The van der Waals surface area contributed by atoms with Gasteiger partial charge in [0, 0.05) is 17.0 Å². The summed E-state index contributed by atoms with van der Waals surface area (Å²) >= 11 is 1.22. The molecular formula is C23H19FN4O2S. The van der Waals surface area contributed by atoms with Crippen molar-refractivity contribution in [3.8, 4) is 0 Å². The Kier molecular flexibility index (Phi) is 5.99. The molecular weight excluding hydrogens is 415 g/mol. The van der Waals surface area contributed by atoms with Crippen molar-refractivity contribution in [2.75, 3.05) is 11.1 Å². The number of hydrogen-bond acceptors (Lipinski definition) is 4. The largest absolute Gasteiger partial charge is 0.369 e. The molecule has 0 aliphatic heterocycles. The van der Waals surface area contributed by atoms with Crippen LogP contribution in [0.5, 0.6) is 0 Å². The summed E-state index contributed by atoms with van der Waals surface area (Å²) < 4.78 is 13.9. The summed E-state index contributed by atoms with van der Waals surface area (Å²) in [5.74, 6) is -0.287. The molecule has 0 saturated carbocycles. The number of aromatic nitrogens is 2. The van der Waals surface area contributed by atoms with Crippen LogP contribution in [0.4, 0.5) is 10.1 Å². The van der Waals surface area contributed by atoms with Gasteiger partial charge >= 0.3 is 0 Å². The van der Waals surface area contributed by atoms with Crippen LogP contribution in [0, 0.1) is 5.82 Å². The molecule has 156 valence electrons. The van der Waals surface area contributed by atoms with Crippen LogP contribution < -0.4 is 11.1 Å². The van der Waals surface area contributed by atoms with Crippen molar-refractivity contribution in [1.82, 2.24) is 9.97 Å². The third-order valence-corrected chi connectivity index (χ3v) is 5.70. The summed E-state index contributed by atoms with van der Waals surface area (Å²) in [5.41, 5.74) is 8.28. The van der Waals surface area contributed by atoms with E-state index in [2.05, 4.69) is 15.3 Å². The number of imidazole rings is 1.